The number of anilines is 2. The Labute approximate surface area is 200 Å². The van der Waals surface area contributed by atoms with Crippen molar-refractivity contribution in [2.75, 3.05) is 49.1 Å². The summed E-state index contributed by atoms with van der Waals surface area (Å²) in [5.41, 5.74) is 3.73. The molecule has 6 nitrogen and oxygen atoms in total. The minimum atomic E-state index is -0.209. The summed E-state index contributed by atoms with van der Waals surface area (Å²) in [6.45, 7) is 6.14. The zero-order valence-electron chi connectivity index (χ0n) is 19.5. The lowest BCUT2D eigenvalue weighted by Gasteiger charge is -2.40. The Bertz CT molecular complexity index is 1140. The highest BCUT2D eigenvalue weighted by atomic mass is 19.1. The molecule has 176 valence electrons. The standard InChI is InChI=1S/C27H30FN5O/c1-20-7-2-3-9-22(20)24-12-13-26(30-29-24)33-14-6-8-21(19-33)27(34)32-17-15-31(16-18-32)25-11-5-4-10-23(25)28/h2-5,7,9-13,21H,6,8,14-19H2,1H3. The molecular weight excluding hydrogens is 429 g/mol. The van der Waals surface area contributed by atoms with Crippen molar-refractivity contribution in [3.63, 3.8) is 0 Å². The summed E-state index contributed by atoms with van der Waals surface area (Å²) in [4.78, 5) is 19.4. The Kier molecular flexibility index (Phi) is 6.43. The van der Waals surface area contributed by atoms with Gasteiger partial charge in [-0.3, -0.25) is 4.79 Å². The molecule has 7 heteroatoms. The lowest BCUT2D eigenvalue weighted by molar-refractivity contribution is -0.136. The van der Waals surface area contributed by atoms with Gasteiger partial charge in [-0.1, -0.05) is 36.4 Å². The van der Waals surface area contributed by atoms with E-state index in [9.17, 15) is 9.18 Å². The Morgan fingerprint density at radius 2 is 1.65 bits per heavy atom. The van der Waals surface area contributed by atoms with Gasteiger partial charge in [0.05, 0.1) is 17.3 Å². The fourth-order valence-corrected chi connectivity index (χ4v) is 5.02. The van der Waals surface area contributed by atoms with Crippen LogP contribution in [0.3, 0.4) is 0 Å². The third-order valence-corrected chi connectivity index (χ3v) is 6.95. The van der Waals surface area contributed by atoms with E-state index in [1.807, 2.05) is 40.1 Å². The molecule has 0 saturated carbocycles. The maximum atomic E-state index is 14.1. The van der Waals surface area contributed by atoms with Crippen molar-refractivity contribution in [1.29, 1.82) is 0 Å². The molecule has 5 rings (SSSR count). The molecule has 2 aromatic carbocycles. The van der Waals surface area contributed by atoms with Crippen LogP contribution in [0.5, 0.6) is 0 Å². The molecule has 3 heterocycles. The molecule has 0 aliphatic carbocycles. The zero-order chi connectivity index (χ0) is 23.5. The van der Waals surface area contributed by atoms with Crippen molar-refractivity contribution in [2.24, 2.45) is 5.92 Å². The van der Waals surface area contributed by atoms with E-state index in [2.05, 4.69) is 34.2 Å². The van der Waals surface area contributed by atoms with Gasteiger partial charge in [0.1, 0.15) is 5.82 Å². The molecule has 0 radical (unpaired) electrons. The van der Waals surface area contributed by atoms with Crippen molar-refractivity contribution < 1.29 is 9.18 Å². The molecule has 2 aliphatic rings. The lowest BCUT2D eigenvalue weighted by atomic mass is 9.96. The third-order valence-electron chi connectivity index (χ3n) is 6.95. The largest absolute Gasteiger partial charge is 0.366 e. The van der Waals surface area contributed by atoms with Crippen LogP contribution in [0.25, 0.3) is 11.3 Å². The van der Waals surface area contributed by atoms with Gasteiger partial charge in [-0.15, -0.1) is 10.2 Å². The van der Waals surface area contributed by atoms with E-state index in [1.54, 1.807) is 12.1 Å². The lowest BCUT2D eigenvalue weighted by Crippen LogP contribution is -2.52. The van der Waals surface area contributed by atoms with E-state index >= 15 is 0 Å². The van der Waals surface area contributed by atoms with Crippen LogP contribution in [0, 0.1) is 18.7 Å². The number of carbonyl (C=O) groups excluding carboxylic acids is 1. The quantitative estimate of drug-likeness (QED) is 0.587. The van der Waals surface area contributed by atoms with Crippen molar-refractivity contribution in [3.05, 3.63) is 72.0 Å². The zero-order valence-corrected chi connectivity index (χ0v) is 19.5. The molecule has 1 amide bonds. The van der Waals surface area contributed by atoms with Crippen molar-refractivity contribution in [2.45, 2.75) is 19.8 Å². The number of piperazine rings is 1. The minimum Gasteiger partial charge on any atom is -0.366 e. The molecule has 2 saturated heterocycles. The third kappa shape index (κ3) is 4.60. The van der Waals surface area contributed by atoms with E-state index < -0.39 is 0 Å². The summed E-state index contributed by atoms with van der Waals surface area (Å²) in [7, 11) is 0. The molecule has 1 aromatic heterocycles. The number of nitrogens with zero attached hydrogens (tertiary/aromatic N) is 5. The molecule has 0 bridgehead atoms. The van der Waals surface area contributed by atoms with Crippen molar-refractivity contribution in [1.82, 2.24) is 15.1 Å². The minimum absolute atomic E-state index is 0.0494. The predicted octanol–water partition coefficient (Wildman–Crippen LogP) is 4.16. The van der Waals surface area contributed by atoms with E-state index in [-0.39, 0.29) is 17.6 Å². The van der Waals surface area contributed by atoms with Gasteiger partial charge < -0.3 is 14.7 Å². The van der Waals surface area contributed by atoms with Gasteiger partial charge >= 0.3 is 0 Å². The number of aromatic nitrogens is 2. The van der Waals surface area contributed by atoms with Crippen LogP contribution in [0.2, 0.25) is 0 Å². The molecule has 0 spiro atoms. The highest BCUT2D eigenvalue weighted by molar-refractivity contribution is 5.80. The topological polar surface area (TPSA) is 52.6 Å². The van der Waals surface area contributed by atoms with Gasteiger partial charge in [0.2, 0.25) is 5.91 Å². The van der Waals surface area contributed by atoms with E-state index in [0.717, 1.165) is 36.5 Å². The average molecular weight is 460 g/mol. The van der Waals surface area contributed by atoms with Crippen LogP contribution < -0.4 is 9.80 Å². The summed E-state index contributed by atoms with van der Waals surface area (Å²) in [6.07, 6.45) is 1.84. The second-order valence-electron chi connectivity index (χ2n) is 9.14. The number of rotatable bonds is 4. The summed E-state index contributed by atoms with van der Waals surface area (Å²) >= 11 is 0. The van der Waals surface area contributed by atoms with Crippen LogP contribution >= 0.6 is 0 Å². The molecule has 2 aliphatic heterocycles. The molecule has 2 fully saturated rings. The molecular formula is C27H30FN5O. The number of para-hydroxylation sites is 1. The van der Waals surface area contributed by atoms with Crippen LogP contribution in [0.15, 0.2) is 60.7 Å². The summed E-state index contributed by atoms with van der Waals surface area (Å²) in [5, 5.41) is 8.95. The number of halogens is 1. The second-order valence-corrected chi connectivity index (χ2v) is 9.14. The molecule has 1 unspecified atom stereocenters. The first-order valence-corrected chi connectivity index (χ1v) is 12.0. The Balaban J connectivity index is 1.20. The first kappa shape index (κ1) is 22.3. The fraction of sp³-hybridized carbons (Fsp3) is 0.370. The molecule has 1 atom stereocenters. The number of amides is 1. The highest BCUT2D eigenvalue weighted by Crippen LogP contribution is 2.27. The second kappa shape index (κ2) is 9.79. The number of hydrogen-bond acceptors (Lipinski definition) is 5. The van der Waals surface area contributed by atoms with Gasteiger partial charge in [-0.25, -0.2) is 4.39 Å². The van der Waals surface area contributed by atoms with Gasteiger partial charge in [0.15, 0.2) is 5.82 Å². The van der Waals surface area contributed by atoms with E-state index in [1.165, 1.54) is 11.6 Å². The SMILES string of the molecule is Cc1ccccc1-c1ccc(N2CCCC(C(=O)N3CCN(c4ccccc4F)CC3)C2)nn1. The first-order valence-electron chi connectivity index (χ1n) is 12.0. The number of carbonyl (C=O) groups is 1. The fourth-order valence-electron chi connectivity index (χ4n) is 5.02. The number of benzene rings is 2. The monoisotopic (exact) mass is 459 g/mol. The predicted molar refractivity (Wildman–Crippen MR) is 132 cm³/mol. The van der Waals surface area contributed by atoms with Gasteiger partial charge in [0, 0.05) is 44.8 Å². The van der Waals surface area contributed by atoms with Crippen LogP contribution in [0.1, 0.15) is 18.4 Å². The normalized spacial score (nSPS) is 18.8. The molecule has 3 aromatic rings. The Hall–Kier alpha value is -3.48. The van der Waals surface area contributed by atoms with Crippen LogP contribution in [0.4, 0.5) is 15.9 Å². The van der Waals surface area contributed by atoms with Gasteiger partial charge in [-0.2, -0.15) is 0 Å². The first-order chi connectivity index (χ1) is 16.6. The molecule has 34 heavy (non-hydrogen) atoms. The van der Waals surface area contributed by atoms with Crippen molar-refractivity contribution >= 4 is 17.4 Å². The highest BCUT2D eigenvalue weighted by Gasteiger charge is 2.32. The van der Waals surface area contributed by atoms with Crippen molar-refractivity contribution in [3.8, 4) is 11.3 Å². The number of hydrogen-bond donors (Lipinski definition) is 0. The summed E-state index contributed by atoms with van der Waals surface area (Å²) in [6, 6.07) is 19.0. The van der Waals surface area contributed by atoms with E-state index in [0.29, 0.717) is 38.4 Å². The summed E-state index contributed by atoms with van der Waals surface area (Å²) in [5.74, 6) is 0.757. The number of aryl methyl sites for hydroxylation is 1. The van der Waals surface area contributed by atoms with Gasteiger partial charge in [-0.05, 0) is 49.6 Å². The average Bonchev–Trinajstić information content (AvgIpc) is 2.89. The van der Waals surface area contributed by atoms with E-state index in [4.69, 9.17) is 0 Å². The maximum absolute atomic E-state index is 14.1. The van der Waals surface area contributed by atoms with Gasteiger partial charge in [0.25, 0.3) is 0 Å². The van der Waals surface area contributed by atoms with Crippen LogP contribution in [-0.2, 0) is 4.79 Å². The Morgan fingerprint density at radius 3 is 2.38 bits per heavy atom. The number of piperidine rings is 1. The smallest absolute Gasteiger partial charge is 0.227 e. The van der Waals surface area contributed by atoms with Crippen LogP contribution in [-0.4, -0.2) is 60.3 Å². The molecule has 0 N–H and O–H groups in total. The maximum Gasteiger partial charge on any atom is 0.227 e. The Morgan fingerprint density at radius 1 is 0.882 bits per heavy atom. The summed E-state index contributed by atoms with van der Waals surface area (Å²) < 4.78 is 14.1.